The number of hydrazine groups is 1. The summed E-state index contributed by atoms with van der Waals surface area (Å²) in [6.45, 7) is 1.71. The van der Waals surface area contributed by atoms with Crippen molar-refractivity contribution in [1.82, 2.24) is 20.6 Å². The molecule has 118 valence electrons. The smallest absolute Gasteiger partial charge is 0.306 e. The molecule has 2 aromatic rings. The number of rotatable bonds is 2. The average molecular weight is 311 g/mol. The number of fused-ring (bicyclic) bond motifs is 3. The van der Waals surface area contributed by atoms with Gasteiger partial charge in [0.15, 0.2) is 5.78 Å². The predicted molar refractivity (Wildman–Crippen MR) is 85.0 cm³/mol. The van der Waals surface area contributed by atoms with E-state index in [0.717, 1.165) is 31.5 Å². The second kappa shape index (κ2) is 5.51. The van der Waals surface area contributed by atoms with Gasteiger partial charge in [0.1, 0.15) is 0 Å². The first-order valence-corrected chi connectivity index (χ1v) is 7.78. The molecule has 7 heteroatoms. The Balaban J connectivity index is 1.55. The number of piperidine rings is 1. The zero-order valence-corrected chi connectivity index (χ0v) is 12.6. The number of urea groups is 1. The van der Waals surface area contributed by atoms with Gasteiger partial charge in [-0.05, 0) is 18.9 Å². The summed E-state index contributed by atoms with van der Waals surface area (Å²) < 4.78 is 0. The number of ketones is 1. The van der Waals surface area contributed by atoms with Crippen LogP contribution in [-0.4, -0.2) is 40.1 Å². The zero-order valence-electron chi connectivity index (χ0n) is 12.6. The second-order valence-electron chi connectivity index (χ2n) is 5.83. The third-order valence-corrected chi connectivity index (χ3v) is 4.31. The molecule has 2 heterocycles. The van der Waals surface area contributed by atoms with Gasteiger partial charge in [-0.1, -0.05) is 18.6 Å². The number of carbonyl (C=O) groups excluding carboxylic acids is 2. The van der Waals surface area contributed by atoms with Gasteiger partial charge >= 0.3 is 6.03 Å². The summed E-state index contributed by atoms with van der Waals surface area (Å²) >= 11 is 0. The van der Waals surface area contributed by atoms with E-state index >= 15 is 0 Å². The number of anilines is 1. The number of hydrogen-bond acceptors (Lipinski definition) is 4. The highest BCUT2D eigenvalue weighted by atomic mass is 16.2. The van der Waals surface area contributed by atoms with Crippen molar-refractivity contribution in [1.29, 1.82) is 0 Å². The Labute approximate surface area is 133 Å². The van der Waals surface area contributed by atoms with Gasteiger partial charge < -0.3 is 5.32 Å². The SMILES string of the molecule is O=C(Nc1cccc2c1C(=O)c1cn[nH]c1-2)NN1CCCCC1. The number of nitrogens with zero attached hydrogens (tertiary/aromatic N) is 2. The van der Waals surface area contributed by atoms with Crippen LogP contribution in [0.4, 0.5) is 10.5 Å². The quantitative estimate of drug-likeness (QED) is 0.676. The first kappa shape index (κ1) is 14.0. The summed E-state index contributed by atoms with van der Waals surface area (Å²) in [5.74, 6) is -0.113. The summed E-state index contributed by atoms with van der Waals surface area (Å²) in [5.41, 5.74) is 5.91. The van der Waals surface area contributed by atoms with Crippen LogP contribution in [0.3, 0.4) is 0 Å². The maximum Gasteiger partial charge on any atom is 0.333 e. The molecule has 3 N–H and O–H groups in total. The van der Waals surface area contributed by atoms with Crippen LogP contribution in [-0.2, 0) is 0 Å². The third kappa shape index (κ3) is 2.39. The van der Waals surface area contributed by atoms with Gasteiger partial charge in [0.25, 0.3) is 0 Å². The van der Waals surface area contributed by atoms with Gasteiger partial charge in [-0.3, -0.25) is 15.3 Å². The fraction of sp³-hybridized carbons (Fsp3) is 0.312. The number of amides is 2. The molecule has 23 heavy (non-hydrogen) atoms. The molecule has 1 fully saturated rings. The lowest BCUT2D eigenvalue weighted by Crippen LogP contribution is -2.46. The highest BCUT2D eigenvalue weighted by Gasteiger charge is 2.31. The van der Waals surface area contributed by atoms with Crippen LogP contribution in [0, 0.1) is 0 Å². The first-order valence-electron chi connectivity index (χ1n) is 7.78. The van der Waals surface area contributed by atoms with Crippen molar-refractivity contribution >= 4 is 17.5 Å². The van der Waals surface area contributed by atoms with Crippen LogP contribution >= 0.6 is 0 Å². The van der Waals surface area contributed by atoms with E-state index in [-0.39, 0.29) is 11.8 Å². The number of H-pyrrole nitrogens is 1. The topological polar surface area (TPSA) is 90.1 Å². The monoisotopic (exact) mass is 311 g/mol. The minimum atomic E-state index is -0.318. The molecule has 0 saturated carbocycles. The van der Waals surface area contributed by atoms with E-state index in [9.17, 15) is 9.59 Å². The third-order valence-electron chi connectivity index (χ3n) is 4.31. The molecule has 0 bridgehead atoms. The van der Waals surface area contributed by atoms with E-state index < -0.39 is 0 Å². The molecule has 4 rings (SSSR count). The summed E-state index contributed by atoms with van der Waals surface area (Å²) in [4.78, 5) is 24.7. The van der Waals surface area contributed by atoms with E-state index in [1.54, 1.807) is 6.07 Å². The Morgan fingerprint density at radius 1 is 1.17 bits per heavy atom. The molecule has 0 radical (unpaired) electrons. The van der Waals surface area contributed by atoms with E-state index in [1.165, 1.54) is 12.6 Å². The molecular formula is C16H17N5O2. The number of nitrogens with one attached hydrogen (secondary N) is 3. The molecule has 0 spiro atoms. The van der Waals surface area contributed by atoms with Gasteiger partial charge in [-0.15, -0.1) is 0 Å². The molecule has 1 aliphatic heterocycles. The number of hydrogen-bond donors (Lipinski definition) is 3. The van der Waals surface area contributed by atoms with Crippen molar-refractivity contribution in [2.24, 2.45) is 0 Å². The minimum Gasteiger partial charge on any atom is -0.306 e. The number of aromatic amines is 1. The van der Waals surface area contributed by atoms with Crippen LogP contribution in [0.1, 0.15) is 35.2 Å². The number of carbonyl (C=O) groups is 2. The number of benzene rings is 1. The van der Waals surface area contributed by atoms with Crippen molar-refractivity contribution in [2.45, 2.75) is 19.3 Å². The average Bonchev–Trinajstić information content (AvgIpc) is 3.13. The molecule has 0 atom stereocenters. The van der Waals surface area contributed by atoms with Crippen LogP contribution in [0.5, 0.6) is 0 Å². The molecule has 2 amide bonds. The highest BCUT2D eigenvalue weighted by molar-refractivity contribution is 6.24. The van der Waals surface area contributed by atoms with Crippen molar-refractivity contribution in [3.05, 3.63) is 35.5 Å². The molecule has 0 unspecified atom stereocenters. The maximum absolute atomic E-state index is 12.5. The Morgan fingerprint density at radius 2 is 2.00 bits per heavy atom. The summed E-state index contributed by atoms with van der Waals surface area (Å²) in [7, 11) is 0. The standard InChI is InChI=1S/C16H17N5O2/c22-15-11-9-17-19-14(11)10-5-4-6-12(13(10)15)18-16(23)20-21-7-2-1-3-8-21/h4-6,9H,1-3,7-8H2,(H,17,19)(H2,18,20,23). The largest absolute Gasteiger partial charge is 0.333 e. The van der Waals surface area contributed by atoms with E-state index in [4.69, 9.17) is 0 Å². The second-order valence-corrected chi connectivity index (χ2v) is 5.83. The Hall–Kier alpha value is -2.67. The van der Waals surface area contributed by atoms with Gasteiger partial charge in [-0.25, -0.2) is 9.80 Å². The molecule has 2 aliphatic rings. The molecular weight excluding hydrogens is 294 g/mol. The molecule has 1 aromatic carbocycles. The maximum atomic E-state index is 12.5. The summed E-state index contributed by atoms with van der Waals surface area (Å²) in [6.07, 6.45) is 4.89. The van der Waals surface area contributed by atoms with Gasteiger partial charge in [0.2, 0.25) is 0 Å². The van der Waals surface area contributed by atoms with Crippen LogP contribution in [0.15, 0.2) is 24.4 Å². The van der Waals surface area contributed by atoms with Crippen molar-refractivity contribution in [3.8, 4) is 11.3 Å². The van der Waals surface area contributed by atoms with Gasteiger partial charge in [0, 0.05) is 18.7 Å². The van der Waals surface area contributed by atoms with E-state index in [0.29, 0.717) is 22.5 Å². The molecule has 1 saturated heterocycles. The lowest BCUT2D eigenvalue weighted by atomic mass is 10.1. The first-order chi connectivity index (χ1) is 11.2. The Kier molecular flexibility index (Phi) is 3.34. The normalized spacial score (nSPS) is 16.8. The fourth-order valence-electron chi connectivity index (χ4n) is 3.21. The molecule has 7 nitrogen and oxygen atoms in total. The van der Waals surface area contributed by atoms with E-state index in [2.05, 4.69) is 20.9 Å². The summed E-state index contributed by atoms with van der Waals surface area (Å²) in [5, 5.41) is 11.5. The van der Waals surface area contributed by atoms with Crippen LogP contribution in [0.25, 0.3) is 11.3 Å². The van der Waals surface area contributed by atoms with Crippen molar-refractivity contribution in [2.75, 3.05) is 18.4 Å². The Morgan fingerprint density at radius 3 is 2.83 bits per heavy atom. The highest BCUT2D eigenvalue weighted by Crippen LogP contribution is 2.38. The van der Waals surface area contributed by atoms with Crippen LogP contribution < -0.4 is 10.7 Å². The fourth-order valence-corrected chi connectivity index (χ4v) is 3.21. The predicted octanol–water partition coefficient (Wildman–Crippen LogP) is 2.14. The van der Waals surface area contributed by atoms with Crippen molar-refractivity contribution in [3.63, 3.8) is 0 Å². The minimum absolute atomic E-state index is 0.113. The van der Waals surface area contributed by atoms with Crippen LogP contribution in [0.2, 0.25) is 0 Å². The van der Waals surface area contributed by atoms with E-state index in [1.807, 2.05) is 17.1 Å². The van der Waals surface area contributed by atoms with Gasteiger partial charge in [0.05, 0.1) is 28.7 Å². The molecule has 1 aliphatic carbocycles. The number of aromatic nitrogens is 2. The van der Waals surface area contributed by atoms with Gasteiger partial charge in [-0.2, -0.15) is 5.10 Å². The summed E-state index contributed by atoms with van der Waals surface area (Å²) in [6, 6.07) is 5.09. The van der Waals surface area contributed by atoms with Crippen molar-refractivity contribution < 1.29 is 9.59 Å². The lowest BCUT2D eigenvalue weighted by molar-refractivity contribution is 0.104. The lowest BCUT2D eigenvalue weighted by Gasteiger charge is -2.26. The Bertz CT molecular complexity index is 777. The molecule has 1 aromatic heterocycles. The zero-order chi connectivity index (χ0) is 15.8.